The Labute approximate surface area is 137 Å². The highest BCUT2D eigenvalue weighted by Crippen LogP contribution is 2.00. The lowest BCUT2D eigenvalue weighted by molar-refractivity contribution is -0.141. The number of carbonyl (C=O) groups is 3. The summed E-state index contributed by atoms with van der Waals surface area (Å²) in [4.78, 5) is 45.2. The molecule has 2 rings (SSSR count). The van der Waals surface area contributed by atoms with Crippen molar-refractivity contribution >= 4 is 17.8 Å². The Hall–Kier alpha value is -3.23. The van der Waals surface area contributed by atoms with Crippen molar-refractivity contribution in [3.8, 4) is 0 Å². The standard InChI is InChI=1S/C15H17N5O4/c21-13(3-5-18-14(22)10-2-1-4-16-7-10)20-12(15(23)24)6-11-8-17-9-19-11/h1-2,4,7-9,12H,3,5-6H2,(H,17,19)(H,18,22)(H,20,21)(H,23,24)/t12-/m0/s1. The van der Waals surface area contributed by atoms with Crippen LogP contribution >= 0.6 is 0 Å². The number of aromatic amines is 1. The van der Waals surface area contributed by atoms with E-state index in [1.165, 1.54) is 18.7 Å². The molecule has 0 fully saturated rings. The van der Waals surface area contributed by atoms with Crippen LogP contribution in [0.4, 0.5) is 0 Å². The quantitative estimate of drug-likeness (QED) is 0.526. The van der Waals surface area contributed by atoms with Crippen molar-refractivity contribution in [1.29, 1.82) is 0 Å². The van der Waals surface area contributed by atoms with Crippen LogP contribution in [-0.2, 0) is 16.0 Å². The predicted octanol–water partition coefficient (Wildman–Crippen LogP) is -0.263. The number of aliphatic carboxylic acids is 1. The Morgan fingerprint density at radius 2 is 2.08 bits per heavy atom. The lowest BCUT2D eigenvalue weighted by atomic mass is 10.1. The molecule has 9 nitrogen and oxygen atoms in total. The van der Waals surface area contributed by atoms with Crippen LogP contribution < -0.4 is 10.6 Å². The summed E-state index contributed by atoms with van der Waals surface area (Å²) in [5.74, 6) is -1.95. The summed E-state index contributed by atoms with van der Waals surface area (Å²) in [6.45, 7) is 0.0932. The lowest BCUT2D eigenvalue weighted by Crippen LogP contribution is -2.43. The first-order chi connectivity index (χ1) is 11.6. The maximum absolute atomic E-state index is 11.8. The number of hydrogen-bond donors (Lipinski definition) is 4. The molecule has 0 aliphatic carbocycles. The van der Waals surface area contributed by atoms with Crippen LogP contribution in [0.5, 0.6) is 0 Å². The van der Waals surface area contributed by atoms with E-state index in [1.807, 2.05) is 0 Å². The van der Waals surface area contributed by atoms with Gasteiger partial charge >= 0.3 is 5.97 Å². The molecule has 0 aliphatic heterocycles. The van der Waals surface area contributed by atoms with Gasteiger partial charge in [0.15, 0.2) is 0 Å². The topological polar surface area (TPSA) is 137 Å². The number of nitrogens with zero attached hydrogens (tertiary/aromatic N) is 2. The van der Waals surface area contributed by atoms with Crippen LogP contribution in [0.1, 0.15) is 22.5 Å². The van der Waals surface area contributed by atoms with Crippen LogP contribution in [0.2, 0.25) is 0 Å². The monoisotopic (exact) mass is 331 g/mol. The molecule has 0 unspecified atom stereocenters. The van der Waals surface area contributed by atoms with Gasteiger partial charge in [-0.2, -0.15) is 0 Å². The smallest absolute Gasteiger partial charge is 0.326 e. The second-order valence-electron chi connectivity index (χ2n) is 4.99. The van der Waals surface area contributed by atoms with Crippen molar-refractivity contribution in [3.63, 3.8) is 0 Å². The molecule has 4 N–H and O–H groups in total. The highest BCUT2D eigenvalue weighted by atomic mass is 16.4. The number of imidazole rings is 1. The molecular weight excluding hydrogens is 314 g/mol. The van der Waals surface area contributed by atoms with E-state index in [2.05, 4.69) is 25.6 Å². The molecule has 9 heteroatoms. The van der Waals surface area contributed by atoms with Crippen molar-refractivity contribution in [1.82, 2.24) is 25.6 Å². The van der Waals surface area contributed by atoms with E-state index in [0.717, 1.165) is 0 Å². The van der Waals surface area contributed by atoms with E-state index in [4.69, 9.17) is 5.11 Å². The molecule has 24 heavy (non-hydrogen) atoms. The third-order valence-electron chi connectivity index (χ3n) is 3.17. The van der Waals surface area contributed by atoms with E-state index < -0.39 is 17.9 Å². The van der Waals surface area contributed by atoms with E-state index in [1.54, 1.807) is 18.3 Å². The first-order valence-corrected chi connectivity index (χ1v) is 7.24. The molecule has 0 aromatic carbocycles. The van der Waals surface area contributed by atoms with E-state index >= 15 is 0 Å². The number of carboxylic acids is 1. The average Bonchev–Trinajstić information content (AvgIpc) is 3.08. The number of H-pyrrole nitrogens is 1. The highest BCUT2D eigenvalue weighted by molar-refractivity contribution is 5.94. The van der Waals surface area contributed by atoms with Gasteiger partial charge in [-0.1, -0.05) is 0 Å². The largest absolute Gasteiger partial charge is 0.480 e. The summed E-state index contributed by atoms with van der Waals surface area (Å²) in [7, 11) is 0. The fourth-order valence-corrected chi connectivity index (χ4v) is 1.97. The molecule has 2 amide bonds. The maximum Gasteiger partial charge on any atom is 0.326 e. The van der Waals surface area contributed by atoms with Gasteiger partial charge < -0.3 is 20.7 Å². The number of pyridine rings is 1. The number of hydrogen-bond acceptors (Lipinski definition) is 5. The van der Waals surface area contributed by atoms with Crippen molar-refractivity contribution in [2.45, 2.75) is 18.9 Å². The average molecular weight is 331 g/mol. The van der Waals surface area contributed by atoms with Gasteiger partial charge in [-0.15, -0.1) is 0 Å². The molecule has 0 bridgehead atoms. The predicted molar refractivity (Wildman–Crippen MR) is 83.0 cm³/mol. The van der Waals surface area contributed by atoms with Crippen LogP contribution in [0, 0.1) is 0 Å². The molecule has 0 spiro atoms. The first-order valence-electron chi connectivity index (χ1n) is 7.24. The number of aromatic nitrogens is 3. The first kappa shape index (κ1) is 17.1. The molecule has 0 saturated carbocycles. The molecule has 0 aliphatic rings. The lowest BCUT2D eigenvalue weighted by Gasteiger charge is -2.13. The van der Waals surface area contributed by atoms with E-state index in [9.17, 15) is 14.4 Å². The number of carbonyl (C=O) groups excluding carboxylic acids is 2. The summed E-state index contributed by atoms with van der Waals surface area (Å²) in [6.07, 6.45) is 5.97. The van der Waals surface area contributed by atoms with Crippen LogP contribution in [-0.4, -0.2) is 50.4 Å². The Bertz CT molecular complexity index is 687. The van der Waals surface area contributed by atoms with E-state index in [0.29, 0.717) is 11.3 Å². The molecule has 2 heterocycles. The SMILES string of the molecule is O=C(CCNC(=O)c1cccnc1)N[C@@H](Cc1cnc[nH]1)C(=O)O. The fraction of sp³-hybridized carbons (Fsp3) is 0.267. The van der Waals surface area contributed by atoms with Gasteiger partial charge in [-0.25, -0.2) is 9.78 Å². The van der Waals surface area contributed by atoms with Crippen molar-refractivity contribution < 1.29 is 19.5 Å². The summed E-state index contributed by atoms with van der Waals surface area (Å²) in [6, 6.07) is 2.17. The molecule has 0 radical (unpaired) electrons. The normalized spacial score (nSPS) is 11.5. The summed E-state index contributed by atoms with van der Waals surface area (Å²) >= 11 is 0. The minimum Gasteiger partial charge on any atom is -0.480 e. The maximum atomic E-state index is 11.8. The Morgan fingerprint density at radius 3 is 2.71 bits per heavy atom. The number of nitrogens with one attached hydrogen (secondary N) is 3. The van der Waals surface area contributed by atoms with E-state index in [-0.39, 0.29) is 25.3 Å². The number of rotatable bonds is 8. The van der Waals surface area contributed by atoms with Gasteiger partial charge in [0, 0.05) is 43.7 Å². The summed E-state index contributed by atoms with van der Waals surface area (Å²) < 4.78 is 0. The van der Waals surface area contributed by atoms with Crippen molar-refractivity contribution in [2.75, 3.05) is 6.54 Å². The van der Waals surface area contributed by atoms with Crippen LogP contribution in [0.25, 0.3) is 0 Å². The summed E-state index contributed by atoms with van der Waals surface area (Å²) in [5.41, 5.74) is 0.994. The van der Waals surface area contributed by atoms with Gasteiger partial charge in [-0.3, -0.25) is 14.6 Å². The minimum absolute atomic E-state index is 0.0290. The van der Waals surface area contributed by atoms with Gasteiger partial charge in [-0.05, 0) is 12.1 Å². The van der Waals surface area contributed by atoms with Crippen LogP contribution in [0.3, 0.4) is 0 Å². The second-order valence-corrected chi connectivity index (χ2v) is 4.99. The van der Waals surface area contributed by atoms with Gasteiger partial charge in [0.2, 0.25) is 5.91 Å². The molecular formula is C15H17N5O4. The third-order valence-corrected chi connectivity index (χ3v) is 3.17. The molecule has 2 aromatic rings. The van der Waals surface area contributed by atoms with Gasteiger partial charge in [0.05, 0.1) is 11.9 Å². The molecule has 2 aromatic heterocycles. The zero-order valence-electron chi connectivity index (χ0n) is 12.7. The molecule has 0 saturated heterocycles. The highest BCUT2D eigenvalue weighted by Gasteiger charge is 2.20. The van der Waals surface area contributed by atoms with Crippen molar-refractivity contribution in [3.05, 3.63) is 48.3 Å². The zero-order chi connectivity index (χ0) is 17.4. The molecule has 1 atom stereocenters. The summed E-state index contributed by atoms with van der Waals surface area (Å²) in [5, 5.41) is 14.2. The Kier molecular flexibility index (Phi) is 6.01. The Morgan fingerprint density at radius 1 is 1.25 bits per heavy atom. The Balaban J connectivity index is 1.77. The minimum atomic E-state index is -1.14. The van der Waals surface area contributed by atoms with Gasteiger partial charge in [0.1, 0.15) is 6.04 Å². The third kappa shape index (κ3) is 5.20. The van der Waals surface area contributed by atoms with Crippen LogP contribution in [0.15, 0.2) is 37.1 Å². The van der Waals surface area contributed by atoms with Gasteiger partial charge in [0.25, 0.3) is 5.91 Å². The zero-order valence-corrected chi connectivity index (χ0v) is 12.7. The fourth-order valence-electron chi connectivity index (χ4n) is 1.97. The second kappa shape index (κ2) is 8.42. The number of carboxylic acid groups (broad SMARTS) is 1. The van der Waals surface area contributed by atoms with Crippen molar-refractivity contribution in [2.24, 2.45) is 0 Å². The number of amides is 2. The molecule has 126 valence electrons.